The van der Waals surface area contributed by atoms with Crippen LogP contribution in [0, 0.1) is 55.4 Å². The lowest BCUT2D eigenvalue weighted by molar-refractivity contribution is 1.16. The van der Waals surface area contributed by atoms with Gasteiger partial charge in [-0.05, 0) is 207 Å². The molecule has 0 fully saturated rings. The van der Waals surface area contributed by atoms with Gasteiger partial charge >= 0.3 is 0 Å². The molecule has 0 aliphatic heterocycles. The molecule has 15 aromatic rings. The van der Waals surface area contributed by atoms with Crippen LogP contribution in [0.25, 0.3) is 145 Å². The third-order valence-electron chi connectivity index (χ3n) is 18.1. The Morgan fingerprint density at radius 2 is 0.602 bits per heavy atom. The Labute approximate surface area is 515 Å². The molecule has 15 rings (SSSR count). The van der Waals surface area contributed by atoms with Gasteiger partial charge in [0, 0.05) is 49.5 Å². The highest BCUT2D eigenvalue weighted by molar-refractivity contribution is 6.14. The van der Waals surface area contributed by atoms with Crippen LogP contribution in [0.2, 0.25) is 0 Å². The van der Waals surface area contributed by atoms with Crippen LogP contribution in [0.15, 0.2) is 255 Å². The van der Waals surface area contributed by atoms with Crippen LogP contribution in [-0.2, 0) is 0 Å². The molecule has 0 amide bonds. The highest BCUT2D eigenvalue weighted by Crippen LogP contribution is 2.44. The van der Waals surface area contributed by atoms with Crippen molar-refractivity contribution >= 4 is 43.6 Å². The zero-order valence-electron chi connectivity index (χ0n) is 51.0. The second kappa shape index (κ2) is 21.7. The van der Waals surface area contributed by atoms with Crippen molar-refractivity contribution in [2.24, 2.45) is 0 Å². The zero-order valence-corrected chi connectivity index (χ0v) is 51.0. The van der Waals surface area contributed by atoms with Crippen molar-refractivity contribution in [2.45, 2.75) is 55.4 Å². The lowest BCUT2D eigenvalue weighted by Gasteiger charge is -2.18. The fourth-order valence-corrected chi connectivity index (χ4v) is 13.8. The number of aromatic nitrogens is 4. The number of aryl methyl sites for hydroxylation is 8. The maximum absolute atomic E-state index is 5.41. The second-order valence-electron chi connectivity index (χ2n) is 24.3. The first kappa shape index (κ1) is 54.0. The van der Waals surface area contributed by atoms with Crippen molar-refractivity contribution in [2.75, 3.05) is 0 Å². The molecule has 3 heterocycles. The molecular formula is C84H66N4. The van der Waals surface area contributed by atoms with Gasteiger partial charge in [-0.2, -0.15) is 0 Å². The van der Waals surface area contributed by atoms with E-state index in [1.165, 1.54) is 111 Å². The number of rotatable bonds is 10. The van der Waals surface area contributed by atoms with Crippen LogP contribution >= 0.6 is 0 Å². The molecule has 422 valence electrons. The van der Waals surface area contributed by atoms with Gasteiger partial charge in [0.05, 0.1) is 39.1 Å². The lowest BCUT2D eigenvalue weighted by Crippen LogP contribution is -2.00. The van der Waals surface area contributed by atoms with Gasteiger partial charge in [0.15, 0.2) is 5.82 Å². The molecule has 4 nitrogen and oxygen atoms in total. The summed E-state index contributed by atoms with van der Waals surface area (Å²) >= 11 is 0. The summed E-state index contributed by atoms with van der Waals surface area (Å²) in [6, 6.07) is 94.5. The van der Waals surface area contributed by atoms with Gasteiger partial charge < -0.3 is 9.13 Å². The molecule has 3 aromatic heterocycles. The van der Waals surface area contributed by atoms with Crippen LogP contribution in [0.5, 0.6) is 0 Å². The Hall–Kier alpha value is -10.7. The standard InChI is InChI=1S/C84H66N4/c1-51-22-31-68(55(5)40-51)62-26-35-80-73(45-62)74-46-63(69-32-23-52(2)41-56(69)6)27-36-81(74)87(80)67-21-15-20-61(44-67)72-49-66(78-50-77(59-16-11-9-12-17-59)85-84(86-78)60-18-13-10-14-19-60)30-39-79(72)88-82-37-28-64(70-33-24-53(3)42-57(70)7)47-75(82)76-48-65(29-38-83(76)88)71-34-25-54(4)43-58(71)8/h9-50H,1-8H3. The Kier molecular flexibility index (Phi) is 13.3. The SMILES string of the molecule is Cc1ccc(-c2ccc3c(c2)c2cc(-c4ccc(C)cc4C)ccc2n3-c2cccc(-c3cc(-c4cc(-c5ccccc5)nc(-c5ccccc5)n4)ccc3-n3c4ccc(-c5ccc(C)cc5C)cc4c4cc(-c5ccc(C)cc5C)ccc43)c2)c(C)c1. The molecule has 0 aliphatic rings. The predicted molar refractivity (Wildman–Crippen MR) is 372 cm³/mol. The van der Waals surface area contributed by atoms with E-state index in [2.05, 4.69) is 313 Å². The van der Waals surface area contributed by atoms with E-state index in [-0.39, 0.29) is 0 Å². The molecular weight excluding hydrogens is 1060 g/mol. The minimum absolute atomic E-state index is 0.680. The van der Waals surface area contributed by atoms with E-state index in [0.717, 1.165) is 72.6 Å². The maximum atomic E-state index is 5.41. The molecule has 0 unspecified atom stereocenters. The van der Waals surface area contributed by atoms with Crippen LogP contribution in [0.4, 0.5) is 0 Å². The maximum Gasteiger partial charge on any atom is 0.160 e. The third kappa shape index (κ3) is 9.59. The molecule has 0 saturated carbocycles. The van der Waals surface area contributed by atoms with Gasteiger partial charge in [0.1, 0.15) is 0 Å². The average molecular weight is 1130 g/mol. The van der Waals surface area contributed by atoms with E-state index in [1.807, 2.05) is 6.07 Å². The molecule has 88 heavy (non-hydrogen) atoms. The Balaban J connectivity index is 0.987. The molecule has 0 aliphatic carbocycles. The first-order valence-corrected chi connectivity index (χ1v) is 30.6. The summed E-state index contributed by atoms with van der Waals surface area (Å²) in [5.41, 5.74) is 33.5. The minimum Gasteiger partial charge on any atom is -0.309 e. The van der Waals surface area contributed by atoms with Gasteiger partial charge in [-0.15, -0.1) is 0 Å². The van der Waals surface area contributed by atoms with Gasteiger partial charge in [-0.1, -0.05) is 198 Å². The van der Waals surface area contributed by atoms with Crippen molar-refractivity contribution in [1.82, 2.24) is 19.1 Å². The minimum atomic E-state index is 0.680. The third-order valence-corrected chi connectivity index (χ3v) is 18.1. The van der Waals surface area contributed by atoms with E-state index in [0.29, 0.717) is 5.82 Å². The molecule has 0 N–H and O–H groups in total. The average Bonchev–Trinajstić information content (AvgIpc) is 1.72. The summed E-state index contributed by atoms with van der Waals surface area (Å²) in [5.74, 6) is 0.680. The predicted octanol–water partition coefficient (Wildman–Crippen LogP) is 22.5. The number of benzene rings is 12. The van der Waals surface area contributed by atoms with E-state index >= 15 is 0 Å². The first-order chi connectivity index (χ1) is 42.9. The molecule has 0 bridgehead atoms. The van der Waals surface area contributed by atoms with Gasteiger partial charge in [-0.25, -0.2) is 9.97 Å². The van der Waals surface area contributed by atoms with Crippen LogP contribution in [0.3, 0.4) is 0 Å². The normalized spacial score (nSPS) is 11.6. The Bertz CT molecular complexity index is 5010. The Morgan fingerprint density at radius 3 is 1.02 bits per heavy atom. The van der Waals surface area contributed by atoms with Gasteiger partial charge in [0.2, 0.25) is 0 Å². The first-order valence-electron chi connectivity index (χ1n) is 30.6. The van der Waals surface area contributed by atoms with Crippen molar-refractivity contribution in [3.05, 3.63) is 299 Å². The summed E-state index contributed by atoms with van der Waals surface area (Å²) in [6.07, 6.45) is 0. The fraction of sp³-hybridized carbons (Fsp3) is 0.0952. The summed E-state index contributed by atoms with van der Waals surface area (Å²) in [4.78, 5) is 10.6. The van der Waals surface area contributed by atoms with Crippen molar-refractivity contribution < 1.29 is 0 Å². The summed E-state index contributed by atoms with van der Waals surface area (Å²) < 4.78 is 4.98. The molecule has 4 heteroatoms. The number of fused-ring (bicyclic) bond motifs is 6. The Morgan fingerprint density at radius 1 is 0.239 bits per heavy atom. The van der Waals surface area contributed by atoms with E-state index in [1.54, 1.807) is 0 Å². The van der Waals surface area contributed by atoms with Crippen LogP contribution in [0.1, 0.15) is 44.5 Å². The highest BCUT2D eigenvalue weighted by Gasteiger charge is 2.23. The van der Waals surface area contributed by atoms with Gasteiger partial charge in [-0.3, -0.25) is 0 Å². The van der Waals surface area contributed by atoms with Crippen molar-refractivity contribution in [1.29, 1.82) is 0 Å². The summed E-state index contributed by atoms with van der Waals surface area (Å²) in [7, 11) is 0. The van der Waals surface area contributed by atoms with Crippen molar-refractivity contribution in [3.63, 3.8) is 0 Å². The molecule has 0 atom stereocenters. The topological polar surface area (TPSA) is 35.6 Å². The van der Waals surface area contributed by atoms with Crippen molar-refractivity contribution in [3.8, 4) is 101 Å². The smallest absolute Gasteiger partial charge is 0.160 e. The highest BCUT2D eigenvalue weighted by atomic mass is 15.0. The molecule has 0 radical (unpaired) electrons. The number of nitrogens with zero attached hydrogens (tertiary/aromatic N) is 4. The van der Waals surface area contributed by atoms with E-state index in [9.17, 15) is 0 Å². The van der Waals surface area contributed by atoms with Crippen LogP contribution in [-0.4, -0.2) is 19.1 Å². The fourth-order valence-electron chi connectivity index (χ4n) is 13.8. The van der Waals surface area contributed by atoms with Gasteiger partial charge in [0.25, 0.3) is 0 Å². The number of hydrogen-bond acceptors (Lipinski definition) is 2. The van der Waals surface area contributed by atoms with E-state index < -0.39 is 0 Å². The zero-order chi connectivity index (χ0) is 59.9. The number of hydrogen-bond donors (Lipinski definition) is 0. The lowest BCUT2D eigenvalue weighted by atomic mass is 9.95. The van der Waals surface area contributed by atoms with E-state index in [4.69, 9.17) is 9.97 Å². The summed E-state index contributed by atoms with van der Waals surface area (Å²) in [5, 5.41) is 4.82. The monoisotopic (exact) mass is 1130 g/mol. The quantitative estimate of drug-likeness (QED) is 0.137. The summed E-state index contributed by atoms with van der Waals surface area (Å²) in [6.45, 7) is 17.6. The molecule has 12 aromatic carbocycles. The van der Waals surface area contributed by atoms with Crippen LogP contribution < -0.4 is 0 Å². The second-order valence-corrected chi connectivity index (χ2v) is 24.3. The molecule has 0 saturated heterocycles. The molecule has 0 spiro atoms. The largest absolute Gasteiger partial charge is 0.309 e.